The molecular formula is C10H10FNO2. The Labute approximate surface area is 80.9 Å². The monoisotopic (exact) mass is 195 g/mol. The molecule has 0 bridgehead atoms. The molecule has 1 aromatic rings. The summed E-state index contributed by atoms with van der Waals surface area (Å²) in [6.45, 7) is 0.285. The van der Waals surface area contributed by atoms with Crippen LogP contribution in [0.5, 0.6) is 0 Å². The van der Waals surface area contributed by atoms with Crippen molar-refractivity contribution in [3.8, 4) is 0 Å². The second-order valence-electron chi connectivity index (χ2n) is 2.60. The van der Waals surface area contributed by atoms with Crippen molar-refractivity contribution in [3.05, 3.63) is 42.2 Å². The van der Waals surface area contributed by atoms with Gasteiger partial charge in [0.25, 0.3) is 0 Å². The summed E-state index contributed by atoms with van der Waals surface area (Å²) < 4.78 is 13.0. The average Bonchev–Trinajstić information content (AvgIpc) is 2.15. The van der Waals surface area contributed by atoms with E-state index in [1.54, 1.807) is 18.2 Å². The van der Waals surface area contributed by atoms with Crippen LogP contribution in [0.4, 0.5) is 10.1 Å². The largest absolute Gasteiger partial charge is 0.478 e. The number of hydrogen-bond donors (Lipinski definition) is 2. The number of para-hydroxylation sites is 1. The van der Waals surface area contributed by atoms with Gasteiger partial charge in [-0.3, -0.25) is 0 Å². The van der Waals surface area contributed by atoms with Gasteiger partial charge in [0.05, 0.1) is 5.69 Å². The normalized spacial score (nSPS) is 10.4. The smallest absolute Gasteiger partial charge is 0.328 e. The molecule has 4 heteroatoms. The second kappa shape index (κ2) is 5.01. The third-order valence-corrected chi connectivity index (χ3v) is 1.54. The predicted molar refractivity (Wildman–Crippen MR) is 51.7 cm³/mol. The average molecular weight is 195 g/mol. The molecule has 0 atom stereocenters. The summed E-state index contributed by atoms with van der Waals surface area (Å²) in [6.07, 6.45) is 2.42. The van der Waals surface area contributed by atoms with Crippen LogP contribution in [-0.4, -0.2) is 17.6 Å². The van der Waals surface area contributed by atoms with Gasteiger partial charge in [-0.1, -0.05) is 18.2 Å². The maximum absolute atomic E-state index is 13.0. The molecule has 0 aliphatic heterocycles. The van der Waals surface area contributed by atoms with Gasteiger partial charge in [0.2, 0.25) is 0 Å². The number of carboxylic acids is 1. The Kier molecular flexibility index (Phi) is 3.67. The number of anilines is 1. The quantitative estimate of drug-likeness (QED) is 0.721. The third-order valence-electron chi connectivity index (χ3n) is 1.54. The van der Waals surface area contributed by atoms with E-state index in [9.17, 15) is 9.18 Å². The van der Waals surface area contributed by atoms with Gasteiger partial charge in [-0.05, 0) is 12.1 Å². The molecule has 0 saturated heterocycles. The lowest BCUT2D eigenvalue weighted by molar-refractivity contribution is -0.131. The minimum Gasteiger partial charge on any atom is -0.478 e. The van der Waals surface area contributed by atoms with Crippen molar-refractivity contribution in [3.63, 3.8) is 0 Å². The number of halogens is 1. The van der Waals surface area contributed by atoms with Crippen LogP contribution in [0.1, 0.15) is 0 Å². The van der Waals surface area contributed by atoms with Gasteiger partial charge in [-0.15, -0.1) is 0 Å². The number of carboxylic acid groups (broad SMARTS) is 1. The Bertz CT molecular complexity index is 350. The lowest BCUT2D eigenvalue weighted by atomic mass is 10.3. The van der Waals surface area contributed by atoms with Gasteiger partial charge in [-0.2, -0.15) is 0 Å². The molecule has 0 spiro atoms. The highest BCUT2D eigenvalue weighted by Crippen LogP contribution is 2.11. The maximum Gasteiger partial charge on any atom is 0.328 e. The molecule has 14 heavy (non-hydrogen) atoms. The van der Waals surface area contributed by atoms with Crippen LogP contribution in [0.2, 0.25) is 0 Å². The van der Waals surface area contributed by atoms with Crippen molar-refractivity contribution >= 4 is 11.7 Å². The van der Waals surface area contributed by atoms with Crippen LogP contribution in [0.25, 0.3) is 0 Å². The minimum atomic E-state index is -1.01. The summed E-state index contributed by atoms with van der Waals surface area (Å²) >= 11 is 0. The Morgan fingerprint density at radius 1 is 1.50 bits per heavy atom. The fourth-order valence-electron chi connectivity index (χ4n) is 0.933. The number of hydrogen-bond acceptors (Lipinski definition) is 2. The molecule has 0 radical (unpaired) electrons. The third kappa shape index (κ3) is 3.26. The summed E-state index contributed by atoms with van der Waals surface area (Å²) in [5.41, 5.74) is 0.363. The molecule has 2 N–H and O–H groups in total. The van der Waals surface area contributed by atoms with E-state index in [-0.39, 0.29) is 12.4 Å². The van der Waals surface area contributed by atoms with Crippen LogP contribution in [0, 0.1) is 5.82 Å². The molecule has 0 amide bonds. The van der Waals surface area contributed by atoms with Gasteiger partial charge in [0, 0.05) is 12.6 Å². The lowest BCUT2D eigenvalue weighted by Crippen LogP contribution is -2.01. The lowest BCUT2D eigenvalue weighted by Gasteiger charge is -2.03. The highest BCUT2D eigenvalue weighted by molar-refractivity contribution is 5.79. The fraction of sp³-hybridized carbons (Fsp3) is 0.100. The first kappa shape index (κ1) is 10.2. The highest BCUT2D eigenvalue weighted by atomic mass is 19.1. The van der Waals surface area contributed by atoms with E-state index in [1.807, 2.05) is 0 Å². The molecular weight excluding hydrogens is 185 g/mol. The molecule has 1 rings (SSSR count). The highest BCUT2D eigenvalue weighted by Gasteiger charge is 1.96. The van der Waals surface area contributed by atoms with Crippen molar-refractivity contribution in [2.45, 2.75) is 0 Å². The first-order chi connectivity index (χ1) is 6.70. The molecule has 0 aromatic heterocycles. The van der Waals surface area contributed by atoms with Crippen molar-refractivity contribution in [1.29, 1.82) is 0 Å². The zero-order valence-electron chi connectivity index (χ0n) is 7.40. The van der Waals surface area contributed by atoms with Crippen LogP contribution in [0.3, 0.4) is 0 Å². The number of aliphatic carboxylic acids is 1. The molecule has 0 heterocycles. The van der Waals surface area contributed by atoms with Crippen molar-refractivity contribution < 1.29 is 14.3 Å². The zero-order valence-corrected chi connectivity index (χ0v) is 7.40. The van der Waals surface area contributed by atoms with Crippen LogP contribution < -0.4 is 5.32 Å². The van der Waals surface area contributed by atoms with Gasteiger partial charge in [-0.25, -0.2) is 9.18 Å². The van der Waals surface area contributed by atoms with Gasteiger partial charge in [0.1, 0.15) is 5.82 Å². The predicted octanol–water partition coefficient (Wildman–Crippen LogP) is 1.88. The molecule has 0 aliphatic carbocycles. The van der Waals surface area contributed by atoms with E-state index >= 15 is 0 Å². The van der Waals surface area contributed by atoms with Crippen molar-refractivity contribution in [2.75, 3.05) is 11.9 Å². The van der Waals surface area contributed by atoms with E-state index in [4.69, 9.17) is 5.11 Å². The minimum absolute atomic E-state index is 0.285. The second-order valence-corrected chi connectivity index (χ2v) is 2.60. The standard InChI is InChI=1S/C10H10FNO2/c11-8-4-1-2-5-9(8)12-7-3-6-10(13)14/h1-6,12H,7H2,(H,13,14)/b6-3+. The number of benzene rings is 1. The van der Waals surface area contributed by atoms with Crippen molar-refractivity contribution in [1.82, 2.24) is 0 Å². The molecule has 0 fully saturated rings. The van der Waals surface area contributed by atoms with E-state index in [2.05, 4.69) is 5.32 Å². The first-order valence-corrected chi connectivity index (χ1v) is 4.08. The number of nitrogens with one attached hydrogen (secondary N) is 1. The Morgan fingerprint density at radius 3 is 2.86 bits per heavy atom. The molecule has 1 aromatic carbocycles. The number of rotatable bonds is 4. The molecule has 0 saturated carbocycles. The Balaban J connectivity index is 2.46. The summed E-state index contributed by atoms with van der Waals surface area (Å²) in [5.74, 6) is -1.36. The van der Waals surface area contributed by atoms with Crippen LogP contribution >= 0.6 is 0 Å². The molecule has 0 unspecified atom stereocenters. The first-order valence-electron chi connectivity index (χ1n) is 4.08. The van der Waals surface area contributed by atoms with Crippen molar-refractivity contribution in [2.24, 2.45) is 0 Å². The summed E-state index contributed by atoms with van der Waals surface area (Å²) in [5, 5.41) is 11.0. The summed E-state index contributed by atoms with van der Waals surface area (Å²) in [7, 11) is 0. The maximum atomic E-state index is 13.0. The van der Waals surface area contributed by atoms with Gasteiger partial charge < -0.3 is 10.4 Å². The van der Waals surface area contributed by atoms with Gasteiger partial charge in [0.15, 0.2) is 0 Å². The Hall–Kier alpha value is -1.84. The number of carbonyl (C=O) groups is 1. The summed E-state index contributed by atoms with van der Waals surface area (Å²) in [4.78, 5) is 10.1. The fourth-order valence-corrected chi connectivity index (χ4v) is 0.933. The SMILES string of the molecule is O=C(O)/C=C/CNc1ccccc1F. The van der Waals surface area contributed by atoms with Crippen LogP contribution in [0.15, 0.2) is 36.4 Å². The van der Waals surface area contributed by atoms with E-state index in [1.165, 1.54) is 12.1 Å². The topological polar surface area (TPSA) is 49.3 Å². The van der Waals surface area contributed by atoms with E-state index in [0.29, 0.717) is 5.69 Å². The molecule has 3 nitrogen and oxygen atoms in total. The molecule has 74 valence electrons. The molecule has 0 aliphatic rings. The van der Waals surface area contributed by atoms with Crippen LogP contribution in [-0.2, 0) is 4.79 Å². The Morgan fingerprint density at radius 2 is 2.21 bits per heavy atom. The zero-order chi connectivity index (χ0) is 10.4. The van der Waals surface area contributed by atoms with E-state index in [0.717, 1.165) is 6.08 Å². The van der Waals surface area contributed by atoms with E-state index < -0.39 is 5.97 Å². The van der Waals surface area contributed by atoms with Gasteiger partial charge >= 0.3 is 5.97 Å². The summed E-state index contributed by atoms with van der Waals surface area (Å²) in [6, 6.07) is 6.22.